The normalized spacial score (nSPS) is 10.3. The molecule has 0 aliphatic rings. The molecule has 0 atom stereocenters. The summed E-state index contributed by atoms with van der Waals surface area (Å²) >= 11 is 0. The summed E-state index contributed by atoms with van der Waals surface area (Å²) in [5.41, 5.74) is 4.37. The molecule has 0 heterocycles. The summed E-state index contributed by atoms with van der Waals surface area (Å²) in [6, 6.07) is 7.80. The van der Waals surface area contributed by atoms with Crippen LogP contribution in [0.3, 0.4) is 0 Å². The van der Waals surface area contributed by atoms with E-state index in [1.165, 1.54) is 5.56 Å². The van der Waals surface area contributed by atoms with Gasteiger partial charge >= 0.3 is 6.09 Å². The lowest BCUT2D eigenvalue weighted by molar-refractivity contribution is 0.152. The molecule has 15 heavy (non-hydrogen) atoms. The lowest BCUT2D eigenvalue weighted by Gasteiger charge is -1.98. The van der Waals surface area contributed by atoms with Crippen molar-refractivity contribution in [3.63, 3.8) is 0 Å². The monoisotopic (exact) mass is 206 g/mol. The number of hydrogen-bond donors (Lipinski definition) is 1. The molecule has 4 nitrogen and oxygen atoms in total. The van der Waals surface area contributed by atoms with E-state index in [2.05, 4.69) is 15.3 Å². The number of rotatable bonds is 3. The molecule has 4 heteroatoms. The average Bonchev–Trinajstić information content (AvgIpc) is 2.21. The fraction of sp³-hybridized carbons (Fsp3) is 0.273. The second-order valence-electron chi connectivity index (χ2n) is 3.00. The van der Waals surface area contributed by atoms with Gasteiger partial charge in [0.05, 0.1) is 12.8 Å². The van der Waals surface area contributed by atoms with Crippen molar-refractivity contribution in [2.24, 2.45) is 5.10 Å². The van der Waals surface area contributed by atoms with Gasteiger partial charge in [0.1, 0.15) is 0 Å². The van der Waals surface area contributed by atoms with Crippen molar-refractivity contribution in [1.29, 1.82) is 0 Å². The number of carbonyl (C=O) groups excluding carboxylic acids is 1. The maximum atomic E-state index is 10.8. The van der Waals surface area contributed by atoms with Gasteiger partial charge in [0.2, 0.25) is 0 Å². The molecule has 1 amide bonds. The third-order valence-corrected chi connectivity index (χ3v) is 1.72. The molecular weight excluding hydrogens is 192 g/mol. The summed E-state index contributed by atoms with van der Waals surface area (Å²) in [6.07, 6.45) is 1.02. The predicted octanol–water partition coefficient (Wildman–Crippen LogP) is 2.08. The molecule has 0 radical (unpaired) electrons. The molecular formula is C11H14N2O2. The highest BCUT2D eigenvalue weighted by Gasteiger charge is 1.94. The summed E-state index contributed by atoms with van der Waals surface area (Å²) in [7, 11) is 0. The van der Waals surface area contributed by atoms with Gasteiger partial charge in [-0.3, -0.25) is 0 Å². The van der Waals surface area contributed by atoms with Crippen molar-refractivity contribution in [3.8, 4) is 0 Å². The van der Waals surface area contributed by atoms with Gasteiger partial charge in [-0.25, -0.2) is 10.2 Å². The van der Waals surface area contributed by atoms with Gasteiger partial charge in [-0.05, 0) is 19.4 Å². The Kier molecular flexibility index (Phi) is 4.34. The highest BCUT2D eigenvalue weighted by Crippen LogP contribution is 1.99. The number of nitrogens with zero attached hydrogens (tertiary/aromatic N) is 1. The highest BCUT2D eigenvalue weighted by atomic mass is 16.5. The van der Waals surface area contributed by atoms with Crippen LogP contribution in [0.15, 0.2) is 29.4 Å². The van der Waals surface area contributed by atoms with Crippen LogP contribution in [0.25, 0.3) is 0 Å². The number of amides is 1. The number of carbonyl (C=O) groups is 1. The van der Waals surface area contributed by atoms with E-state index in [1.54, 1.807) is 13.1 Å². The van der Waals surface area contributed by atoms with E-state index in [-0.39, 0.29) is 0 Å². The summed E-state index contributed by atoms with van der Waals surface area (Å²) in [5.74, 6) is 0. The predicted molar refractivity (Wildman–Crippen MR) is 58.9 cm³/mol. The van der Waals surface area contributed by atoms with Crippen LogP contribution in [0, 0.1) is 6.92 Å². The van der Waals surface area contributed by atoms with Crippen LogP contribution in [-0.2, 0) is 4.74 Å². The molecule has 0 spiro atoms. The van der Waals surface area contributed by atoms with E-state index < -0.39 is 6.09 Å². The van der Waals surface area contributed by atoms with Gasteiger partial charge in [-0.15, -0.1) is 0 Å². The molecule has 0 unspecified atom stereocenters. The molecule has 1 aromatic carbocycles. The Hall–Kier alpha value is -1.84. The first-order valence-electron chi connectivity index (χ1n) is 4.75. The van der Waals surface area contributed by atoms with Crippen LogP contribution in [-0.4, -0.2) is 18.9 Å². The van der Waals surface area contributed by atoms with E-state index in [1.807, 2.05) is 31.2 Å². The van der Waals surface area contributed by atoms with Crippen LogP contribution in [0.5, 0.6) is 0 Å². The number of ether oxygens (including phenoxy) is 1. The first kappa shape index (κ1) is 11.2. The number of benzene rings is 1. The second-order valence-corrected chi connectivity index (χ2v) is 3.00. The third-order valence-electron chi connectivity index (χ3n) is 1.72. The van der Waals surface area contributed by atoms with E-state index in [0.717, 1.165) is 5.56 Å². The van der Waals surface area contributed by atoms with Crippen LogP contribution in [0.2, 0.25) is 0 Å². The van der Waals surface area contributed by atoms with Gasteiger partial charge < -0.3 is 4.74 Å². The zero-order chi connectivity index (χ0) is 11.1. The van der Waals surface area contributed by atoms with Gasteiger partial charge in [-0.2, -0.15) is 5.10 Å². The number of nitrogens with one attached hydrogen (secondary N) is 1. The lowest BCUT2D eigenvalue weighted by atomic mass is 10.2. The largest absolute Gasteiger partial charge is 0.449 e. The first-order chi connectivity index (χ1) is 7.22. The summed E-state index contributed by atoms with van der Waals surface area (Å²) in [5, 5.41) is 3.74. The fourth-order valence-electron chi connectivity index (χ4n) is 0.975. The minimum Gasteiger partial charge on any atom is -0.449 e. The van der Waals surface area contributed by atoms with E-state index in [9.17, 15) is 4.79 Å². The zero-order valence-electron chi connectivity index (χ0n) is 8.86. The van der Waals surface area contributed by atoms with Crippen molar-refractivity contribution in [2.75, 3.05) is 6.61 Å². The first-order valence-corrected chi connectivity index (χ1v) is 4.75. The molecule has 1 N–H and O–H groups in total. The zero-order valence-corrected chi connectivity index (χ0v) is 8.86. The second kappa shape index (κ2) is 5.80. The summed E-state index contributed by atoms with van der Waals surface area (Å²) < 4.78 is 4.64. The minimum atomic E-state index is -0.541. The summed E-state index contributed by atoms with van der Waals surface area (Å²) in [4.78, 5) is 10.8. The Morgan fingerprint density at radius 1 is 1.47 bits per heavy atom. The van der Waals surface area contributed by atoms with Gasteiger partial charge in [0, 0.05) is 0 Å². The maximum absolute atomic E-state index is 10.8. The number of hydrogen-bond acceptors (Lipinski definition) is 3. The Labute approximate surface area is 88.9 Å². The van der Waals surface area contributed by atoms with Gasteiger partial charge in [-0.1, -0.05) is 29.8 Å². The van der Waals surface area contributed by atoms with E-state index in [0.29, 0.717) is 6.61 Å². The molecule has 0 aliphatic carbocycles. The van der Waals surface area contributed by atoms with Crippen LogP contribution in [0.4, 0.5) is 4.79 Å². The van der Waals surface area contributed by atoms with Crippen LogP contribution < -0.4 is 5.43 Å². The Bertz CT molecular complexity index is 344. The number of aryl methyl sites for hydroxylation is 1. The van der Waals surface area contributed by atoms with E-state index >= 15 is 0 Å². The van der Waals surface area contributed by atoms with Crippen LogP contribution in [0.1, 0.15) is 18.1 Å². The molecule has 0 aliphatic heterocycles. The van der Waals surface area contributed by atoms with Crippen LogP contribution >= 0.6 is 0 Å². The number of hydrazone groups is 1. The van der Waals surface area contributed by atoms with Crippen molar-refractivity contribution < 1.29 is 9.53 Å². The van der Waals surface area contributed by atoms with E-state index in [4.69, 9.17) is 0 Å². The van der Waals surface area contributed by atoms with Gasteiger partial charge in [0.25, 0.3) is 0 Å². The lowest BCUT2D eigenvalue weighted by Crippen LogP contribution is -2.18. The molecule has 0 bridgehead atoms. The standard InChI is InChI=1S/C11H14N2O2/c1-3-15-11(14)13-12-8-10-6-4-9(2)5-7-10/h4-8H,3H2,1-2H3,(H,13,14)/b12-8-. The topological polar surface area (TPSA) is 50.7 Å². The molecule has 1 aromatic rings. The molecule has 0 saturated heterocycles. The average molecular weight is 206 g/mol. The molecule has 0 fully saturated rings. The summed E-state index contributed by atoms with van der Waals surface area (Å²) in [6.45, 7) is 4.09. The third kappa shape index (κ3) is 4.26. The molecule has 0 aromatic heterocycles. The SMILES string of the molecule is CCOC(=O)N/N=C\c1ccc(C)cc1. The van der Waals surface area contributed by atoms with Crippen molar-refractivity contribution in [3.05, 3.63) is 35.4 Å². The van der Waals surface area contributed by atoms with Crippen molar-refractivity contribution in [2.45, 2.75) is 13.8 Å². The van der Waals surface area contributed by atoms with Crippen molar-refractivity contribution >= 4 is 12.3 Å². The Morgan fingerprint density at radius 3 is 2.73 bits per heavy atom. The van der Waals surface area contributed by atoms with Gasteiger partial charge in [0.15, 0.2) is 0 Å². The smallest absolute Gasteiger partial charge is 0.427 e. The highest BCUT2D eigenvalue weighted by molar-refractivity contribution is 5.80. The molecule has 1 rings (SSSR count). The minimum absolute atomic E-state index is 0.339. The molecule has 0 saturated carbocycles. The Morgan fingerprint density at radius 2 is 2.13 bits per heavy atom. The molecule has 80 valence electrons. The van der Waals surface area contributed by atoms with Crippen molar-refractivity contribution in [1.82, 2.24) is 5.43 Å². The fourth-order valence-corrected chi connectivity index (χ4v) is 0.975. The quantitative estimate of drug-likeness (QED) is 0.608. The Balaban J connectivity index is 2.44. The maximum Gasteiger partial charge on any atom is 0.427 e.